The number of carbonyl (C=O) groups is 1. The first-order valence-electron chi connectivity index (χ1n) is 4.19. The molecule has 1 atom stereocenters. The summed E-state index contributed by atoms with van der Waals surface area (Å²) in [4.78, 5) is 20.1. The molecule has 12 heavy (non-hydrogen) atoms. The lowest BCUT2D eigenvalue weighted by Crippen LogP contribution is -2.20. The van der Waals surface area contributed by atoms with Gasteiger partial charge < -0.3 is 5.11 Å². The zero-order chi connectivity index (χ0) is 9.19. The Balaban J connectivity index is 2.34. The summed E-state index contributed by atoms with van der Waals surface area (Å²) in [6.07, 6.45) is 2.15. The van der Waals surface area contributed by atoms with Crippen LogP contribution in [0.1, 0.15) is 33.1 Å². The van der Waals surface area contributed by atoms with E-state index >= 15 is 0 Å². The lowest BCUT2D eigenvalue weighted by molar-refractivity contribution is -0.141. The first kappa shape index (κ1) is 9.48. The van der Waals surface area contributed by atoms with Crippen LogP contribution in [0.4, 0.5) is 0 Å². The zero-order valence-electron chi connectivity index (χ0n) is 7.37. The maximum absolute atomic E-state index is 10.5. The van der Waals surface area contributed by atoms with Gasteiger partial charge in [-0.1, -0.05) is 20.3 Å². The molecule has 0 amide bonds. The van der Waals surface area contributed by atoms with E-state index in [1.165, 1.54) is 0 Å². The molecule has 0 aliphatic carbocycles. The van der Waals surface area contributed by atoms with Gasteiger partial charge in [0.15, 0.2) is 0 Å². The molecule has 1 heterocycles. The minimum absolute atomic E-state index is 0.404. The Hall–Kier alpha value is -0.610. The minimum Gasteiger partial charge on any atom is -0.481 e. The molecule has 1 aliphatic heterocycles. The van der Waals surface area contributed by atoms with Gasteiger partial charge >= 0.3 is 5.97 Å². The molecule has 0 aromatic rings. The highest BCUT2D eigenvalue weighted by Crippen LogP contribution is 2.40. The summed E-state index contributed by atoms with van der Waals surface area (Å²) < 4.78 is 0. The fraction of sp³-hybridized carbons (Fsp3) is 0.875. The number of hydrogen-bond acceptors (Lipinski definition) is 3. The van der Waals surface area contributed by atoms with Crippen LogP contribution in [0, 0.1) is 5.92 Å². The Morgan fingerprint density at radius 3 is 2.50 bits per heavy atom. The average Bonchev–Trinajstić information content (AvgIpc) is 2.69. The highest BCUT2D eigenvalue weighted by atomic mass is 17.4. The largest absolute Gasteiger partial charge is 0.481 e. The Labute approximate surface area is 71.4 Å². The van der Waals surface area contributed by atoms with E-state index in [1.807, 2.05) is 6.92 Å². The van der Waals surface area contributed by atoms with Crippen molar-refractivity contribution in [1.29, 1.82) is 0 Å². The van der Waals surface area contributed by atoms with E-state index in [-0.39, 0.29) is 0 Å². The molecule has 1 fully saturated rings. The van der Waals surface area contributed by atoms with Gasteiger partial charge in [-0.2, -0.15) is 9.78 Å². The molecule has 1 saturated heterocycles. The fourth-order valence-electron chi connectivity index (χ4n) is 1.25. The van der Waals surface area contributed by atoms with Crippen molar-refractivity contribution in [3.05, 3.63) is 0 Å². The number of rotatable bonds is 5. The third-order valence-electron chi connectivity index (χ3n) is 1.99. The second-order valence-corrected chi connectivity index (χ2v) is 3.27. The number of aliphatic carboxylic acids is 1. The average molecular weight is 174 g/mol. The zero-order valence-corrected chi connectivity index (χ0v) is 7.37. The lowest BCUT2D eigenvalue weighted by atomic mass is 9.99. The molecule has 0 saturated carbocycles. The predicted molar refractivity (Wildman–Crippen MR) is 41.2 cm³/mol. The van der Waals surface area contributed by atoms with Crippen LogP contribution in [0.5, 0.6) is 0 Å². The summed E-state index contributed by atoms with van der Waals surface area (Å²) in [5, 5.41) is 8.63. The SMILES string of the molecule is CCCC1(CC(C)C(=O)O)OO1. The number of hydrogen-bond donors (Lipinski definition) is 1. The highest BCUT2D eigenvalue weighted by Gasteiger charge is 2.49. The third-order valence-corrected chi connectivity index (χ3v) is 1.99. The first-order valence-corrected chi connectivity index (χ1v) is 4.19. The van der Waals surface area contributed by atoms with Crippen LogP contribution in [-0.2, 0) is 14.6 Å². The van der Waals surface area contributed by atoms with Crippen LogP contribution in [0.25, 0.3) is 0 Å². The van der Waals surface area contributed by atoms with Crippen molar-refractivity contribution in [3.8, 4) is 0 Å². The van der Waals surface area contributed by atoms with Crippen LogP contribution >= 0.6 is 0 Å². The normalized spacial score (nSPS) is 21.8. The van der Waals surface area contributed by atoms with Gasteiger partial charge in [-0.3, -0.25) is 4.79 Å². The van der Waals surface area contributed by atoms with E-state index in [4.69, 9.17) is 14.9 Å². The van der Waals surface area contributed by atoms with Gasteiger partial charge in [-0.25, -0.2) is 0 Å². The van der Waals surface area contributed by atoms with E-state index in [9.17, 15) is 4.79 Å². The molecule has 0 radical (unpaired) electrons. The summed E-state index contributed by atoms with van der Waals surface area (Å²) in [7, 11) is 0. The number of carboxylic acid groups (broad SMARTS) is 1. The summed E-state index contributed by atoms with van der Waals surface area (Å²) in [5.74, 6) is -1.78. The molecular formula is C8H14O4. The van der Waals surface area contributed by atoms with E-state index in [0.717, 1.165) is 12.8 Å². The topological polar surface area (TPSA) is 62.4 Å². The summed E-state index contributed by atoms with van der Waals surface area (Å²) in [6.45, 7) is 3.67. The Morgan fingerprint density at radius 1 is 1.58 bits per heavy atom. The van der Waals surface area contributed by atoms with Gasteiger partial charge in [0.25, 0.3) is 0 Å². The minimum atomic E-state index is -0.801. The van der Waals surface area contributed by atoms with E-state index in [0.29, 0.717) is 6.42 Å². The predicted octanol–water partition coefficient (Wildman–Crippen LogP) is 1.56. The lowest BCUT2D eigenvalue weighted by Gasteiger charge is -2.08. The van der Waals surface area contributed by atoms with E-state index in [2.05, 4.69) is 0 Å². The van der Waals surface area contributed by atoms with Crippen molar-refractivity contribution < 1.29 is 19.7 Å². The van der Waals surface area contributed by atoms with Crippen molar-refractivity contribution in [2.75, 3.05) is 0 Å². The fourth-order valence-corrected chi connectivity index (χ4v) is 1.25. The Bertz CT molecular complexity index is 174. The second kappa shape index (κ2) is 3.41. The second-order valence-electron chi connectivity index (χ2n) is 3.27. The monoisotopic (exact) mass is 174 g/mol. The van der Waals surface area contributed by atoms with Gasteiger partial charge in [0, 0.05) is 12.8 Å². The molecule has 70 valence electrons. The molecule has 0 spiro atoms. The third kappa shape index (κ3) is 2.19. The molecule has 0 bridgehead atoms. The van der Waals surface area contributed by atoms with Gasteiger partial charge in [0.05, 0.1) is 5.92 Å². The van der Waals surface area contributed by atoms with Crippen molar-refractivity contribution >= 4 is 5.97 Å². The van der Waals surface area contributed by atoms with Crippen molar-refractivity contribution in [2.24, 2.45) is 5.92 Å². The molecule has 1 rings (SSSR count). The van der Waals surface area contributed by atoms with E-state index < -0.39 is 17.7 Å². The van der Waals surface area contributed by atoms with Crippen molar-refractivity contribution in [2.45, 2.75) is 38.9 Å². The van der Waals surface area contributed by atoms with Crippen LogP contribution in [0.3, 0.4) is 0 Å². The molecule has 1 N–H and O–H groups in total. The summed E-state index contributed by atoms with van der Waals surface area (Å²) >= 11 is 0. The van der Waals surface area contributed by atoms with Gasteiger partial charge in [-0.15, -0.1) is 0 Å². The van der Waals surface area contributed by atoms with Crippen LogP contribution in [0.2, 0.25) is 0 Å². The summed E-state index contributed by atoms with van der Waals surface area (Å²) in [6, 6.07) is 0. The molecule has 4 heteroatoms. The van der Waals surface area contributed by atoms with Crippen molar-refractivity contribution in [3.63, 3.8) is 0 Å². The standard InChI is InChI=1S/C8H14O4/c1-3-4-8(11-12-8)5-6(2)7(9)10/h6H,3-5H2,1-2H3,(H,9,10). The maximum atomic E-state index is 10.5. The van der Waals surface area contributed by atoms with Crippen LogP contribution < -0.4 is 0 Å². The van der Waals surface area contributed by atoms with Crippen molar-refractivity contribution in [1.82, 2.24) is 0 Å². The number of carboxylic acids is 1. The molecule has 0 aromatic heterocycles. The van der Waals surface area contributed by atoms with Crippen LogP contribution in [-0.4, -0.2) is 16.9 Å². The Kier molecular flexibility index (Phi) is 2.69. The molecule has 1 aliphatic rings. The quantitative estimate of drug-likeness (QED) is 0.507. The van der Waals surface area contributed by atoms with Crippen LogP contribution in [0.15, 0.2) is 0 Å². The van der Waals surface area contributed by atoms with Gasteiger partial charge in [0.2, 0.25) is 5.79 Å². The van der Waals surface area contributed by atoms with Gasteiger partial charge in [-0.05, 0) is 0 Å². The highest BCUT2D eigenvalue weighted by molar-refractivity contribution is 5.69. The smallest absolute Gasteiger partial charge is 0.306 e. The van der Waals surface area contributed by atoms with Gasteiger partial charge in [0.1, 0.15) is 0 Å². The molecular weight excluding hydrogens is 160 g/mol. The first-order chi connectivity index (χ1) is 5.59. The Morgan fingerprint density at radius 2 is 2.17 bits per heavy atom. The van der Waals surface area contributed by atoms with E-state index in [1.54, 1.807) is 6.92 Å². The maximum Gasteiger partial charge on any atom is 0.306 e. The summed E-state index contributed by atoms with van der Waals surface area (Å²) in [5.41, 5.74) is 0. The molecule has 4 nitrogen and oxygen atoms in total. The molecule has 0 aromatic carbocycles. The molecule has 1 unspecified atom stereocenters.